The molecule has 0 aliphatic heterocycles. The molecule has 0 aliphatic rings. The monoisotopic (exact) mass is 552 g/mol. The molecular weight excluding hydrogens is 532 g/mol. The van der Waals surface area contributed by atoms with Crippen LogP contribution < -0.4 is 9.04 Å². The van der Waals surface area contributed by atoms with E-state index in [1.807, 2.05) is 0 Å². The van der Waals surface area contributed by atoms with E-state index in [1.54, 1.807) is 72.8 Å². The fourth-order valence-electron chi connectivity index (χ4n) is 4.16. The highest BCUT2D eigenvalue weighted by atomic mass is 32.2. The number of nitro groups is 1. The first-order valence-electron chi connectivity index (χ1n) is 12.0. The summed E-state index contributed by atoms with van der Waals surface area (Å²) in [5.74, 6) is -1.32. The third kappa shape index (κ3) is 5.03. The van der Waals surface area contributed by atoms with Gasteiger partial charge in [0.25, 0.3) is 21.6 Å². The van der Waals surface area contributed by atoms with Crippen LogP contribution in [-0.4, -0.2) is 25.2 Å². The molecule has 1 amide bonds. The summed E-state index contributed by atoms with van der Waals surface area (Å²) >= 11 is 0. The van der Waals surface area contributed by atoms with Crippen LogP contribution in [0.2, 0.25) is 0 Å². The second-order valence-electron chi connectivity index (χ2n) is 8.58. The lowest BCUT2D eigenvalue weighted by Crippen LogP contribution is -2.37. The van der Waals surface area contributed by atoms with E-state index >= 15 is 0 Å². The van der Waals surface area contributed by atoms with Crippen LogP contribution in [-0.2, 0) is 10.0 Å². The Morgan fingerprint density at radius 1 is 0.700 bits per heavy atom. The number of ether oxygens (including phenoxy) is 1. The van der Waals surface area contributed by atoms with Crippen molar-refractivity contribution in [2.75, 3.05) is 4.31 Å². The van der Waals surface area contributed by atoms with E-state index in [1.165, 1.54) is 36.4 Å². The van der Waals surface area contributed by atoms with Crippen molar-refractivity contribution in [3.8, 4) is 5.75 Å². The molecule has 9 nitrogen and oxygen atoms in total. The van der Waals surface area contributed by atoms with E-state index in [4.69, 9.17) is 4.74 Å². The molecule has 0 fully saturated rings. The summed E-state index contributed by atoms with van der Waals surface area (Å²) in [5.41, 5.74) is -0.0540. The van der Waals surface area contributed by atoms with Gasteiger partial charge in [0.05, 0.1) is 21.1 Å². The predicted molar refractivity (Wildman–Crippen MR) is 149 cm³/mol. The zero-order chi connectivity index (χ0) is 28.3. The van der Waals surface area contributed by atoms with Gasteiger partial charge in [0.1, 0.15) is 5.75 Å². The van der Waals surface area contributed by atoms with Crippen LogP contribution in [0.25, 0.3) is 10.8 Å². The highest BCUT2D eigenvalue weighted by Gasteiger charge is 2.34. The lowest BCUT2D eigenvalue weighted by Gasteiger charge is -2.24. The Balaban J connectivity index is 1.68. The summed E-state index contributed by atoms with van der Waals surface area (Å²) in [6.07, 6.45) is 0. The SMILES string of the molecule is O=C(Oc1ccc(N(C(=O)c2ccccc2)S(=O)(=O)c2cccc([N+](=O)[O-])c2)c2ccccc12)c1ccccc1. The number of fused-ring (bicyclic) bond motifs is 1. The van der Waals surface area contributed by atoms with E-state index in [0.717, 1.165) is 12.1 Å². The average Bonchev–Trinajstić information content (AvgIpc) is 2.99. The van der Waals surface area contributed by atoms with Crippen LogP contribution in [0.15, 0.2) is 126 Å². The number of anilines is 1. The summed E-state index contributed by atoms with van der Waals surface area (Å²) < 4.78 is 34.3. The van der Waals surface area contributed by atoms with E-state index in [2.05, 4.69) is 0 Å². The van der Waals surface area contributed by atoms with Crippen LogP contribution >= 0.6 is 0 Å². The van der Waals surface area contributed by atoms with E-state index in [-0.39, 0.29) is 17.0 Å². The molecule has 0 atom stereocenters. The van der Waals surface area contributed by atoms with Gasteiger partial charge < -0.3 is 4.74 Å². The van der Waals surface area contributed by atoms with E-state index in [9.17, 15) is 28.1 Å². The average molecular weight is 553 g/mol. The van der Waals surface area contributed by atoms with Crippen molar-refractivity contribution in [3.05, 3.63) is 143 Å². The van der Waals surface area contributed by atoms with E-state index < -0.39 is 37.4 Å². The molecule has 0 radical (unpaired) electrons. The number of non-ortho nitro benzene ring substituents is 1. The number of sulfonamides is 1. The Morgan fingerprint density at radius 3 is 1.95 bits per heavy atom. The van der Waals surface area contributed by atoms with Gasteiger partial charge in [-0.1, -0.05) is 66.7 Å². The maximum atomic E-state index is 14.0. The molecule has 0 saturated heterocycles. The molecule has 0 spiro atoms. The molecule has 0 heterocycles. The quantitative estimate of drug-likeness (QED) is 0.105. The normalized spacial score (nSPS) is 11.1. The molecule has 10 heteroatoms. The molecule has 0 saturated carbocycles. The molecule has 0 aliphatic carbocycles. The largest absolute Gasteiger partial charge is 0.422 e. The van der Waals surface area contributed by atoms with Crippen molar-refractivity contribution in [1.29, 1.82) is 0 Å². The second-order valence-corrected chi connectivity index (χ2v) is 10.4. The van der Waals surface area contributed by atoms with E-state index in [0.29, 0.717) is 20.6 Å². The Kier molecular flexibility index (Phi) is 7.09. The number of benzene rings is 5. The molecule has 198 valence electrons. The third-order valence-corrected chi connectivity index (χ3v) is 7.76. The standard InChI is InChI=1S/C30H20N2O7S/c33-29(21-10-3-1-4-11-21)31(40(37,38)24-15-9-14-23(20-24)32(35)36)27-18-19-28(26-17-8-7-16-25(26)27)39-30(34)22-12-5-2-6-13-22/h1-20H. The summed E-state index contributed by atoms with van der Waals surface area (Å²) in [6, 6.07) is 30.0. The smallest absolute Gasteiger partial charge is 0.343 e. The number of carbonyl (C=O) groups is 2. The van der Waals surface area contributed by atoms with Gasteiger partial charge in [0, 0.05) is 28.5 Å². The first-order chi connectivity index (χ1) is 19.3. The summed E-state index contributed by atoms with van der Waals surface area (Å²) in [4.78, 5) is 36.8. The number of esters is 1. The molecule has 40 heavy (non-hydrogen) atoms. The molecule has 0 aromatic heterocycles. The number of nitrogens with zero attached hydrogens (tertiary/aromatic N) is 2. The van der Waals surface area contributed by atoms with Crippen LogP contribution in [0.4, 0.5) is 11.4 Å². The zero-order valence-corrected chi connectivity index (χ0v) is 21.5. The summed E-state index contributed by atoms with van der Waals surface area (Å²) in [7, 11) is -4.66. The number of hydrogen-bond acceptors (Lipinski definition) is 7. The van der Waals surface area contributed by atoms with Gasteiger partial charge in [-0.2, -0.15) is 4.31 Å². The highest BCUT2D eigenvalue weighted by molar-refractivity contribution is 7.93. The van der Waals surface area contributed by atoms with Gasteiger partial charge in [0.2, 0.25) is 0 Å². The summed E-state index contributed by atoms with van der Waals surface area (Å²) in [5, 5.41) is 12.1. The van der Waals surface area contributed by atoms with Crippen molar-refractivity contribution in [2.24, 2.45) is 0 Å². The Morgan fingerprint density at radius 2 is 1.30 bits per heavy atom. The van der Waals surface area contributed by atoms with Crippen molar-refractivity contribution < 1.29 is 27.7 Å². The fraction of sp³-hybridized carbons (Fsp3) is 0. The zero-order valence-electron chi connectivity index (χ0n) is 20.7. The van der Waals surface area contributed by atoms with Crippen molar-refractivity contribution in [2.45, 2.75) is 4.90 Å². The maximum Gasteiger partial charge on any atom is 0.343 e. The van der Waals surface area contributed by atoms with Gasteiger partial charge in [-0.15, -0.1) is 0 Å². The Hall–Kier alpha value is -5.35. The topological polar surface area (TPSA) is 124 Å². The molecule has 0 bridgehead atoms. The number of carbonyl (C=O) groups excluding carboxylic acids is 2. The molecule has 5 aromatic rings. The highest BCUT2D eigenvalue weighted by Crippen LogP contribution is 2.37. The lowest BCUT2D eigenvalue weighted by molar-refractivity contribution is -0.385. The van der Waals surface area contributed by atoms with Gasteiger partial charge >= 0.3 is 5.97 Å². The van der Waals surface area contributed by atoms with Crippen LogP contribution in [0, 0.1) is 10.1 Å². The Bertz CT molecular complexity index is 1860. The fourth-order valence-corrected chi connectivity index (χ4v) is 5.64. The van der Waals surface area contributed by atoms with Crippen LogP contribution in [0.1, 0.15) is 20.7 Å². The van der Waals surface area contributed by atoms with Gasteiger partial charge in [-0.3, -0.25) is 14.9 Å². The number of rotatable bonds is 7. The molecule has 5 rings (SSSR count). The Labute approximate surface area is 229 Å². The molecular formula is C30H20N2O7S. The number of amides is 1. The molecule has 5 aromatic carbocycles. The van der Waals surface area contributed by atoms with Crippen LogP contribution in [0.3, 0.4) is 0 Å². The second kappa shape index (κ2) is 10.8. The van der Waals surface area contributed by atoms with Gasteiger partial charge in [0.15, 0.2) is 0 Å². The minimum Gasteiger partial charge on any atom is -0.422 e. The number of nitro benzene ring substituents is 1. The van der Waals surface area contributed by atoms with Crippen molar-refractivity contribution in [1.82, 2.24) is 0 Å². The first kappa shape index (κ1) is 26.3. The number of hydrogen-bond donors (Lipinski definition) is 0. The van der Waals surface area contributed by atoms with Crippen molar-refractivity contribution >= 4 is 44.0 Å². The minimum atomic E-state index is -4.66. The predicted octanol–water partition coefficient (Wildman–Crippen LogP) is 6.00. The van der Waals surface area contributed by atoms with Gasteiger partial charge in [-0.25, -0.2) is 13.2 Å². The van der Waals surface area contributed by atoms with Gasteiger partial charge in [-0.05, 0) is 42.5 Å². The molecule has 0 unspecified atom stereocenters. The maximum absolute atomic E-state index is 14.0. The lowest BCUT2D eigenvalue weighted by atomic mass is 10.1. The summed E-state index contributed by atoms with van der Waals surface area (Å²) in [6.45, 7) is 0. The third-order valence-electron chi connectivity index (χ3n) is 6.06. The molecule has 0 N–H and O–H groups in total. The van der Waals surface area contributed by atoms with Crippen LogP contribution in [0.5, 0.6) is 5.75 Å². The van der Waals surface area contributed by atoms with Crippen molar-refractivity contribution in [3.63, 3.8) is 0 Å². The minimum absolute atomic E-state index is 0.0181. The first-order valence-corrected chi connectivity index (χ1v) is 13.4.